The number of hydrogen-bond acceptors (Lipinski definition) is 8. The lowest BCUT2D eigenvalue weighted by Gasteiger charge is -2.11. The number of carbonyl (C=O) groups is 2. The number of rotatable bonds is 7. The monoisotopic (exact) mass is 472 g/mol. The summed E-state index contributed by atoms with van der Waals surface area (Å²) >= 11 is 0. The summed E-state index contributed by atoms with van der Waals surface area (Å²) in [6.07, 6.45) is 1.51. The zero-order valence-electron chi connectivity index (χ0n) is 18.9. The van der Waals surface area contributed by atoms with E-state index in [0.717, 1.165) is 5.56 Å². The number of cyclic esters (lactones) is 1. The van der Waals surface area contributed by atoms with Crippen LogP contribution in [0.15, 0.2) is 77.4 Å². The van der Waals surface area contributed by atoms with Crippen LogP contribution in [-0.4, -0.2) is 29.4 Å². The van der Waals surface area contributed by atoms with Crippen LogP contribution in [0.5, 0.6) is 11.5 Å². The predicted molar refractivity (Wildman–Crippen MR) is 127 cm³/mol. The normalized spacial score (nSPS) is 13.8. The first-order valence-electron chi connectivity index (χ1n) is 10.7. The Labute approximate surface area is 200 Å². The summed E-state index contributed by atoms with van der Waals surface area (Å²) in [5.41, 5.74) is 2.32. The van der Waals surface area contributed by atoms with Gasteiger partial charge in [0, 0.05) is 17.7 Å². The van der Waals surface area contributed by atoms with Crippen LogP contribution in [0.1, 0.15) is 34.0 Å². The van der Waals surface area contributed by atoms with Crippen molar-refractivity contribution in [1.82, 2.24) is 0 Å². The summed E-state index contributed by atoms with van der Waals surface area (Å²) in [5, 5.41) is 10.8. The summed E-state index contributed by atoms with van der Waals surface area (Å²) in [6, 6.07) is 17.4. The second-order valence-electron chi connectivity index (χ2n) is 7.54. The lowest BCUT2D eigenvalue weighted by atomic mass is 10.1. The molecule has 35 heavy (non-hydrogen) atoms. The van der Waals surface area contributed by atoms with E-state index in [1.807, 2.05) is 13.0 Å². The van der Waals surface area contributed by atoms with Crippen LogP contribution in [0.2, 0.25) is 0 Å². The number of aliphatic imine (C=N–C) groups is 1. The molecule has 1 aliphatic heterocycles. The molecule has 0 saturated heterocycles. The van der Waals surface area contributed by atoms with Gasteiger partial charge in [-0.2, -0.15) is 0 Å². The number of carbonyl (C=O) groups excluding carboxylic acids is 2. The molecule has 0 aromatic heterocycles. The lowest BCUT2D eigenvalue weighted by molar-refractivity contribution is -0.384. The van der Waals surface area contributed by atoms with Crippen molar-refractivity contribution in [2.24, 2.45) is 4.99 Å². The van der Waals surface area contributed by atoms with E-state index in [1.54, 1.807) is 43.3 Å². The molecule has 0 N–H and O–H groups in total. The van der Waals surface area contributed by atoms with Crippen LogP contribution in [0.3, 0.4) is 0 Å². The smallest absolute Gasteiger partial charge is 0.363 e. The van der Waals surface area contributed by atoms with Gasteiger partial charge in [0.25, 0.3) is 5.69 Å². The van der Waals surface area contributed by atoms with Crippen molar-refractivity contribution < 1.29 is 28.7 Å². The minimum absolute atomic E-state index is 0.0462. The van der Waals surface area contributed by atoms with Crippen LogP contribution < -0.4 is 9.47 Å². The van der Waals surface area contributed by atoms with Gasteiger partial charge in [0.15, 0.2) is 17.2 Å². The SMILES string of the molecule is CCOc1cc(/C=C2/N=C(c3ccc([N+](=O)[O-])cc3)OC2=O)ccc1OC(=O)c1cccc(C)c1. The third-order valence-electron chi connectivity index (χ3n) is 4.97. The van der Waals surface area contributed by atoms with Gasteiger partial charge in [-0.05, 0) is 61.9 Å². The summed E-state index contributed by atoms with van der Waals surface area (Å²) in [5.74, 6) is -0.563. The van der Waals surface area contributed by atoms with Gasteiger partial charge in [-0.25, -0.2) is 14.6 Å². The highest BCUT2D eigenvalue weighted by molar-refractivity contribution is 6.12. The van der Waals surface area contributed by atoms with Gasteiger partial charge in [0.2, 0.25) is 5.90 Å². The molecule has 0 unspecified atom stereocenters. The zero-order valence-corrected chi connectivity index (χ0v) is 18.9. The van der Waals surface area contributed by atoms with Gasteiger partial charge >= 0.3 is 11.9 Å². The molecule has 0 saturated carbocycles. The average Bonchev–Trinajstić information content (AvgIpc) is 3.21. The van der Waals surface area contributed by atoms with Crippen molar-refractivity contribution in [3.05, 3.63) is 105 Å². The predicted octanol–water partition coefficient (Wildman–Crippen LogP) is 4.87. The molecule has 176 valence electrons. The third-order valence-corrected chi connectivity index (χ3v) is 4.97. The van der Waals surface area contributed by atoms with Crippen molar-refractivity contribution in [2.75, 3.05) is 6.61 Å². The molecule has 1 aliphatic rings. The quantitative estimate of drug-likeness (QED) is 0.158. The molecule has 0 atom stereocenters. The molecular weight excluding hydrogens is 452 g/mol. The number of nitrogens with zero attached hydrogens (tertiary/aromatic N) is 2. The molecule has 1 heterocycles. The largest absolute Gasteiger partial charge is 0.490 e. The maximum atomic E-state index is 12.6. The molecule has 3 aromatic carbocycles. The molecule has 0 aliphatic carbocycles. The van der Waals surface area contributed by atoms with E-state index in [9.17, 15) is 19.7 Å². The minimum Gasteiger partial charge on any atom is -0.490 e. The zero-order chi connectivity index (χ0) is 24.9. The molecule has 0 radical (unpaired) electrons. The van der Waals surface area contributed by atoms with Gasteiger partial charge in [-0.1, -0.05) is 23.8 Å². The van der Waals surface area contributed by atoms with Crippen LogP contribution in [-0.2, 0) is 9.53 Å². The van der Waals surface area contributed by atoms with E-state index >= 15 is 0 Å². The van der Waals surface area contributed by atoms with Crippen LogP contribution in [0.25, 0.3) is 6.08 Å². The molecule has 0 fully saturated rings. The van der Waals surface area contributed by atoms with E-state index in [1.165, 1.54) is 30.3 Å². The third kappa shape index (κ3) is 5.41. The fraction of sp³-hybridized carbons (Fsp3) is 0.115. The molecule has 4 rings (SSSR count). The molecule has 3 aromatic rings. The van der Waals surface area contributed by atoms with E-state index in [2.05, 4.69) is 4.99 Å². The van der Waals surface area contributed by atoms with Crippen molar-refractivity contribution in [3.63, 3.8) is 0 Å². The number of nitro benzene ring substituents is 1. The summed E-state index contributed by atoms with van der Waals surface area (Å²) in [4.78, 5) is 39.4. The highest BCUT2D eigenvalue weighted by Gasteiger charge is 2.25. The summed E-state index contributed by atoms with van der Waals surface area (Å²) in [6.45, 7) is 4.01. The van der Waals surface area contributed by atoms with Gasteiger partial charge in [0.1, 0.15) is 0 Å². The number of esters is 2. The Bertz CT molecular complexity index is 1370. The van der Waals surface area contributed by atoms with E-state index in [0.29, 0.717) is 29.0 Å². The Morgan fingerprint density at radius 3 is 2.54 bits per heavy atom. The fourth-order valence-corrected chi connectivity index (χ4v) is 3.31. The Balaban J connectivity index is 1.58. The number of benzene rings is 3. The molecule has 9 heteroatoms. The van der Waals surface area contributed by atoms with Gasteiger partial charge < -0.3 is 14.2 Å². The van der Waals surface area contributed by atoms with E-state index < -0.39 is 16.9 Å². The summed E-state index contributed by atoms with van der Waals surface area (Å²) in [7, 11) is 0. The van der Waals surface area contributed by atoms with Crippen molar-refractivity contribution in [3.8, 4) is 11.5 Å². The molecule has 0 amide bonds. The van der Waals surface area contributed by atoms with Crippen molar-refractivity contribution in [1.29, 1.82) is 0 Å². The molecular formula is C26H20N2O7. The number of ether oxygens (including phenoxy) is 3. The standard InChI is InChI=1S/C26H20N2O7/c1-3-33-23-15-17(7-12-22(23)34-25(29)19-6-4-5-16(2)13-19)14-21-26(30)35-24(27-21)18-8-10-20(11-9-18)28(31)32/h4-15H,3H2,1-2H3/b21-14+. The Kier molecular flexibility index (Phi) is 6.68. The van der Waals surface area contributed by atoms with Gasteiger partial charge in [0.05, 0.1) is 17.1 Å². The first-order chi connectivity index (χ1) is 16.8. The van der Waals surface area contributed by atoms with Crippen molar-refractivity contribution >= 4 is 29.6 Å². The highest BCUT2D eigenvalue weighted by Crippen LogP contribution is 2.31. The maximum Gasteiger partial charge on any atom is 0.363 e. The summed E-state index contributed by atoms with van der Waals surface area (Å²) < 4.78 is 16.4. The van der Waals surface area contributed by atoms with Gasteiger partial charge in [-0.3, -0.25) is 10.1 Å². The van der Waals surface area contributed by atoms with Crippen LogP contribution in [0, 0.1) is 17.0 Å². The number of aryl methyl sites for hydroxylation is 1. The fourth-order valence-electron chi connectivity index (χ4n) is 3.31. The maximum absolute atomic E-state index is 12.6. The molecule has 0 bridgehead atoms. The Morgan fingerprint density at radius 2 is 1.86 bits per heavy atom. The average molecular weight is 472 g/mol. The first-order valence-corrected chi connectivity index (χ1v) is 10.7. The van der Waals surface area contributed by atoms with E-state index in [4.69, 9.17) is 14.2 Å². The van der Waals surface area contributed by atoms with Crippen LogP contribution in [0.4, 0.5) is 5.69 Å². The number of hydrogen-bond donors (Lipinski definition) is 0. The number of nitro groups is 1. The lowest BCUT2D eigenvalue weighted by Crippen LogP contribution is -2.10. The Morgan fingerprint density at radius 1 is 1.09 bits per heavy atom. The van der Waals surface area contributed by atoms with E-state index in [-0.39, 0.29) is 23.0 Å². The van der Waals surface area contributed by atoms with Crippen LogP contribution >= 0.6 is 0 Å². The second kappa shape index (κ2) is 10.0. The number of non-ortho nitro benzene ring substituents is 1. The topological polar surface area (TPSA) is 117 Å². The first kappa shape index (κ1) is 23.4. The minimum atomic E-state index is -0.661. The Hall–Kier alpha value is -4.79. The second-order valence-corrected chi connectivity index (χ2v) is 7.54. The molecule has 9 nitrogen and oxygen atoms in total. The van der Waals surface area contributed by atoms with Crippen molar-refractivity contribution in [2.45, 2.75) is 13.8 Å². The highest BCUT2D eigenvalue weighted by atomic mass is 16.6. The molecule has 0 spiro atoms. The van der Waals surface area contributed by atoms with Gasteiger partial charge in [-0.15, -0.1) is 0 Å².